The van der Waals surface area contributed by atoms with E-state index in [-0.39, 0.29) is 11.4 Å². The van der Waals surface area contributed by atoms with Gasteiger partial charge in [-0.1, -0.05) is 54.1 Å². The van der Waals surface area contributed by atoms with Crippen LogP contribution in [0.4, 0.5) is 13.2 Å². The molecule has 0 bridgehead atoms. The molecule has 0 saturated carbocycles. The highest BCUT2D eigenvalue weighted by molar-refractivity contribution is 6.30. The maximum absolute atomic E-state index is 12.8. The first-order valence-corrected chi connectivity index (χ1v) is 11.0. The van der Waals surface area contributed by atoms with Gasteiger partial charge in [0.25, 0.3) is 5.56 Å². The Hall–Kier alpha value is -3.43. The Morgan fingerprint density at radius 2 is 1.62 bits per heavy atom. The van der Waals surface area contributed by atoms with Crippen molar-refractivity contribution in [1.29, 1.82) is 0 Å². The number of fused-ring (bicyclic) bond motifs is 1. The molecule has 0 unspecified atom stereocenters. The molecule has 4 aromatic rings. The molecule has 10 heteroatoms. The van der Waals surface area contributed by atoms with Crippen LogP contribution in [-0.2, 0) is 25.7 Å². The molecule has 1 aliphatic rings. The second kappa shape index (κ2) is 8.73. The highest BCUT2D eigenvalue weighted by Crippen LogP contribution is 2.30. The zero-order chi connectivity index (χ0) is 23.9. The first-order valence-electron chi connectivity index (χ1n) is 10.6. The largest absolute Gasteiger partial charge is 0.416 e. The van der Waals surface area contributed by atoms with Gasteiger partial charge in [-0.25, -0.2) is 9.97 Å². The summed E-state index contributed by atoms with van der Waals surface area (Å²) >= 11 is 6.35. The molecule has 174 valence electrons. The standard InChI is InChI=1S/C24H19ClF3N5O/c25-20-19(30-21(31-20)14-4-2-1-3-5-14)13-33-11-10-18-17(12-33)23(34)32-22(29-18)15-6-8-16(9-7-15)24(26,27)28/h1-9H,10-13H2,(H,30,31)(H,29,32,34). The zero-order valence-corrected chi connectivity index (χ0v) is 18.5. The van der Waals surface area contributed by atoms with Crippen molar-refractivity contribution < 1.29 is 13.2 Å². The van der Waals surface area contributed by atoms with Crippen molar-refractivity contribution in [2.45, 2.75) is 25.7 Å². The Balaban J connectivity index is 1.34. The topological polar surface area (TPSA) is 77.7 Å². The molecule has 0 amide bonds. The number of aromatic nitrogens is 4. The Kier molecular flexibility index (Phi) is 5.75. The number of imidazole rings is 1. The third kappa shape index (κ3) is 4.49. The lowest BCUT2D eigenvalue weighted by atomic mass is 10.1. The van der Waals surface area contributed by atoms with Gasteiger partial charge in [-0.05, 0) is 12.1 Å². The lowest BCUT2D eigenvalue weighted by molar-refractivity contribution is -0.137. The van der Waals surface area contributed by atoms with Gasteiger partial charge in [-0.15, -0.1) is 0 Å². The predicted octanol–water partition coefficient (Wildman–Crippen LogP) is 5.06. The third-order valence-electron chi connectivity index (χ3n) is 5.79. The maximum Gasteiger partial charge on any atom is 0.416 e. The molecular formula is C24H19ClF3N5O. The molecule has 2 aromatic heterocycles. The Labute approximate surface area is 197 Å². The number of hydrogen-bond donors (Lipinski definition) is 2. The summed E-state index contributed by atoms with van der Waals surface area (Å²) < 4.78 is 38.5. The van der Waals surface area contributed by atoms with E-state index in [1.807, 2.05) is 30.3 Å². The zero-order valence-electron chi connectivity index (χ0n) is 17.8. The van der Waals surface area contributed by atoms with Gasteiger partial charge in [0.1, 0.15) is 11.6 Å². The van der Waals surface area contributed by atoms with Gasteiger partial charge in [-0.3, -0.25) is 9.69 Å². The van der Waals surface area contributed by atoms with Crippen molar-refractivity contribution in [2.75, 3.05) is 6.54 Å². The molecule has 6 nitrogen and oxygen atoms in total. The molecule has 0 aliphatic carbocycles. The van der Waals surface area contributed by atoms with Crippen LogP contribution >= 0.6 is 11.6 Å². The number of benzene rings is 2. The van der Waals surface area contributed by atoms with E-state index in [1.165, 1.54) is 12.1 Å². The monoisotopic (exact) mass is 485 g/mol. The van der Waals surface area contributed by atoms with Crippen molar-refractivity contribution in [3.8, 4) is 22.8 Å². The molecule has 0 spiro atoms. The average Bonchev–Trinajstić information content (AvgIpc) is 3.19. The first kappa shape index (κ1) is 22.4. The molecule has 1 aliphatic heterocycles. The quantitative estimate of drug-likeness (QED) is 0.423. The van der Waals surface area contributed by atoms with Gasteiger partial charge >= 0.3 is 6.18 Å². The molecule has 0 radical (unpaired) electrons. The summed E-state index contributed by atoms with van der Waals surface area (Å²) in [7, 11) is 0. The summed E-state index contributed by atoms with van der Waals surface area (Å²) in [6, 6.07) is 14.2. The molecule has 34 heavy (non-hydrogen) atoms. The van der Waals surface area contributed by atoms with Crippen LogP contribution in [0, 0.1) is 0 Å². The number of nitrogens with one attached hydrogen (secondary N) is 2. The fraction of sp³-hybridized carbons (Fsp3) is 0.208. The Bertz CT molecular complexity index is 1380. The van der Waals surface area contributed by atoms with Crippen LogP contribution in [0.1, 0.15) is 22.5 Å². The lowest BCUT2D eigenvalue weighted by Crippen LogP contribution is -2.35. The van der Waals surface area contributed by atoms with Gasteiger partial charge in [0.15, 0.2) is 5.15 Å². The van der Waals surface area contributed by atoms with Crippen molar-refractivity contribution in [1.82, 2.24) is 24.8 Å². The normalized spacial score (nSPS) is 14.2. The number of nitrogens with zero attached hydrogens (tertiary/aromatic N) is 3. The number of halogens is 4. The van der Waals surface area contributed by atoms with Gasteiger partial charge in [0.2, 0.25) is 0 Å². The van der Waals surface area contributed by atoms with E-state index in [0.717, 1.165) is 23.4 Å². The Morgan fingerprint density at radius 1 is 0.941 bits per heavy atom. The van der Waals surface area contributed by atoms with Gasteiger partial charge < -0.3 is 9.97 Å². The number of alkyl halides is 3. The summed E-state index contributed by atoms with van der Waals surface area (Å²) in [6.07, 6.45) is -3.89. The lowest BCUT2D eigenvalue weighted by Gasteiger charge is -2.27. The van der Waals surface area contributed by atoms with Gasteiger partial charge in [0, 0.05) is 37.2 Å². The minimum atomic E-state index is -4.42. The van der Waals surface area contributed by atoms with Crippen molar-refractivity contribution >= 4 is 11.6 Å². The van der Waals surface area contributed by atoms with Crippen LogP contribution in [-0.4, -0.2) is 31.4 Å². The Morgan fingerprint density at radius 3 is 2.32 bits per heavy atom. The van der Waals surface area contributed by atoms with E-state index in [1.54, 1.807) is 0 Å². The van der Waals surface area contributed by atoms with Crippen molar-refractivity contribution in [3.63, 3.8) is 0 Å². The number of aromatic amines is 2. The minimum absolute atomic E-state index is 0.259. The van der Waals surface area contributed by atoms with Crippen LogP contribution in [0.5, 0.6) is 0 Å². The molecule has 3 heterocycles. The van der Waals surface area contributed by atoms with E-state index in [0.29, 0.717) is 53.9 Å². The minimum Gasteiger partial charge on any atom is -0.339 e. The van der Waals surface area contributed by atoms with E-state index >= 15 is 0 Å². The van der Waals surface area contributed by atoms with E-state index in [9.17, 15) is 18.0 Å². The van der Waals surface area contributed by atoms with Crippen LogP contribution in [0.15, 0.2) is 59.4 Å². The molecule has 0 fully saturated rings. The summed E-state index contributed by atoms with van der Waals surface area (Å²) in [6.45, 7) is 1.51. The highest BCUT2D eigenvalue weighted by atomic mass is 35.5. The molecule has 5 rings (SSSR count). The summed E-state index contributed by atoms with van der Waals surface area (Å²) in [5.41, 5.74) is 2.25. The predicted molar refractivity (Wildman–Crippen MR) is 122 cm³/mol. The molecular weight excluding hydrogens is 467 g/mol. The number of rotatable bonds is 4. The van der Waals surface area contributed by atoms with Crippen LogP contribution in [0.3, 0.4) is 0 Å². The van der Waals surface area contributed by atoms with Crippen molar-refractivity contribution in [3.05, 3.63) is 92.6 Å². The molecule has 0 atom stereocenters. The smallest absolute Gasteiger partial charge is 0.339 e. The van der Waals surface area contributed by atoms with Crippen LogP contribution in [0.2, 0.25) is 5.15 Å². The first-order chi connectivity index (χ1) is 16.3. The number of H-pyrrole nitrogens is 2. The SMILES string of the molecule is O=c1[nH]c(-c2ccc(C(F)(F)F)cc2)nc2c1CN(Cc1[nH]c(-c3ccccc3)nc1Cl)CC2. The summed E-state index contributed by atoms with van der Waals surface area (Å²) in [5, 5.41) is 0.384. The third-order valence-corrected chi connectivity index (χ3v) is 6.10. The summed E-state index contributed by atoms with van der Waals surface area (Å²) in [5.74, 6) is 0.939. The molecule has 0 saturated heterocycles. The van der Waals surface area contributed by atoms with E-state index in [4.69, 9.17) is 11.6 Å². The summed E-state index contributed by atoms with van der Waals surface area (Å²) in [4.78, 5) is 29.8. The fourth-order valence-electron chi connectivity index (χ4n) is 4.02. The average molecular weight is 486 g/mol. The van der Waals surface area contributed by atoms with Crippen molar-refractivity contribution in [2.24, 2.45) is 0 Å². The van der Waals surface area contributed by atoms with E-state index < -0.39 is 11.7 Å². The van der Waals surface area contributed by atoms with Crippen LogP contribution in [0.25, 0.3) is 22.8 Å². The maximum atomic E-state index is 12.8. The van der Waals surface area contributed by atoms with Crippen LogP contribution < -0.4 is 5.56 Å². The second-order valence-corrected chi connectivity index (χ2v) is 8.45. The van der Waals surface area contributed by atoms with Gasteiger partial charge in [-0.2, -0.15) is 13.2 Å². The van der Waals surface area contributed by atoms with Gasteiger partial charge in [0.05, 0.1) is 22.5 Å². The number of hydrogen-bond acceptors (Lipinski definition) is 4. The molecule has 2 aromatic carbocycles. The molecule has 2 N–H and O–H groups in total. The van der Waals surface area contributed by atoms with E-state index in [2.05, 4.69) is 24.8 Å². The second-order valence-electron chi connectivity index (χ2n) is 8.10. The fourth-order valence-corrected chi connectivity index (χ4v) is 4.21. The highest BCUT2D eigenvalue weighted by Gasteiger charge is 2.30.